The molecule has 10 heteroatoms. The number of aromatic nitrogens is 3. The molecule has 3 aromatic rings. The topological polar surface area (TPSA) is 109 Å². The molecule has 144 valence electrons. The summed E-state index contributed by atoms with van der Waals surface area (Å²) in [6.07, 6.45) is 2.09. The van der Waals surface area contributed by atoms with Crippen LogP contribution in [0.3, 0.4) is 0 Å². The highest BCUT2D eigenvalue weighted by Gasteiger charge is 2.21. The third kappa shape index (κ3) is 3.32. The zero-order valence-corrected chi connectivity index (χ0v) is 15.5. The van der Waals surface area contributed by atoms with E-state index in [-0.39, 0.29) is 24.7 Å². The summed E-state index contributed by atoms with van der Waals surface area (Å²) in [5, 5.41) is 8.91. The molecule has 0 aliphatic carbocycles. The second-order valence-corrected chi connectivity index (χ2v) is 7.23. The molecule has 1 unspecified atom stereocenters. The second-order valence-electron chi connectivity index (χ2n) is 6.37. The lowest BCUT2D eigenvalue weighted by molar-refractivity contribution is 0.0857. The molecular weight excluding hydrogens is 384 g/mol. The van der Waals surface area contributed by atoms with Gasteiger partial charge in [-0.15, -0.1) is 11.3 Å². The maximum Gasteiger partial charge on any atom is 0.280 e. The maximum atomic E-state index is 12.3. The van der Waals surface area contributed by atoms with Crippen molar-refractivity contribution in [2.75, 3.05) is 19.9 Å². The van der Waals surface area contributed by atoms with E-state index in [1.807, 2.05) is 6.07 Å². The van der Waals surface area contributed by atoms with Gasteiger partial charge in [-0.2, -0.15) is 4.98 Å². The predicted molar refractivity (Wildman–Crippen MR) is 98.3 cm³/mol. The van der Waals surface area contributed by atoms with E-state index < -0.39 is 0 Å². The van der Waals surface area contributed by atoms with Crippen LogP contribution in [0.1, 0.15) is 22.6 Å². The van der Waals surface area contributed by atoms with Crippen LogP contribution < -0.4 is 14.8 Å². The Labute approximate surface area is 163 Å². The van der Waals surface area contributed by atoms with E-state index in [2.05, 4.69) is 20.4 Å². The first kappa shape index (κ1) is 17.1. The number of nitrogens with zero attached hydrogens (tertiary/aromatic N) is 3. The first-order chi connectivity index (χ1) is 13.8. The largest absolute Gasteiger partial charge is 0.454 e. The lowest BCUT2D eigenvalue weighted by Gasteiger charge is -2.09. The average molecular weight is 400 g/mol. The van der Waals surface area contributed by atoms with Crippen LogP contribution in [-0.2, 0) is 4.74 Å². The molecule has 0 radical (unpaired) electrons. The molecule has 1 atom stereocenters. The summed E-state index contributed by atoms with van der Waals surface area (Å²) in [6, 6.07) is 5.42. The van der Waals surface area contributed by atoms with Gasteiger partial charge in [-0.05, 0) is 31.0 Å². The molecule has 2 aliphatic heterocycles. The Kier molecular flexibility index (Phi) is 4.41. The molecule has 1 aromatic carbocycles. The molecule has 2 aliphatic rings. The van der Waals surface area contributed by atoms with Gasteiger partial charge in [0.2, 0.25) is 12.6 Å². The molecule has 1 amide bonds. The summed E-state index contributed by atoms with van der Waals surface area (Å²) >= 11 is 1.23. The number of benzene rings is 1. The number of fused-ring (bicyclic) bond motifs is 1. The van der Waals surface area contributed by atoms with Gasteiger partial charge in [0.25, 0.3) is 11.8 Å². The highest BCUT2D eigenvalue weighted by atomic mass is 32.1. The molecular formula is C18H16N4O5S. The molecule has 2 aromatic heterocycles. The number of hydrogen-bond donors (Lipinski definition) is 1. The van der Waals surface area contributed by atoms with Gasteiger partial charge < -0.3 is 24.1 Å². The van der Waals surface area contributed by atoms with Gasteiger partial charge >= 0.3 is 0 Å². The maximum absolute atomic E-state index is 12.3. The van der Waals surface area contributed by atoms with Crippen LogP contribution in [0.5, 0.6) is 11.5 Å². The first-order valence-electron chi connectivity index (χ1n) is 8.86. The monoisotopic (exact) mass is 400 g/mol. The molecule has 0 bridgehead atoms. The number of amides is 1. The van der Waals surface area contributed by atoms with E-state index in [9.17, 15) is 4.79 Å². The molecule has 28 heavy (non-hydrogen) atoms. The van der Waals surface area contributed by atoms with Gasteiger partial charge in [0.05, 0.1) is 6.10 Å². The summed E-state index contributed by atoms with van der Waals surface area (Å²) in [4.78, 5) is 21.0. The van der Waals surface area contributed by atoms with Gasteiger partial charge in [0, 0.05) is 24.1 Å². The highest BCUT2D eigenvalue weighted by Crippen LogP contribution is 2.35. The van der Waals surface area contributed by atoms with Crippen molar-refractivity contribution in [3.63, 3.8) is 0 Å². The summed E-state index contributed by atoms with van der Waals surface area (Å²) in [5.74, 6) is 1.75. The SMILES string of the molecule is O=C(NCC1CCCO1)c1nc(-c2nc(-c3ccc4c(c3)OCO4)no2)cs1. The van der Waals surface area contributed by atoms with Crippen molar-refractivity contribution in [1.29, 1.82) is 0 Å². The van der Waals surface area contributed by atoms with E-state index in [1.165, 1.54) is 11.3 Å². The minimum absolute atomic E-state index is 0.0866. The van der Waals surface area contributed by atoms with Crippen molar-refractivity contribution in [2.45, 2.75) is 18.9 Å². The lowest BCUT2D eigenvalue weighted by Crippen LogP contribution is -2.31. The van der Waals surface area contributed by atoms with Crippen molar-refractivity contribution < 1.29 is 23.5 Å². The Morgan fingerprint density at radius 2 is 2.18 bits per heavy atom. The van der Waals surface area contributed by atoms with Crippen molar-refractivity contribution in [2.24, 2.45) is 0 Å². The number of ether oxygens (including phenoxy) is 3. The fraction of sp³-hybridized carbons (Fsp3) is 0.333. The Morgan fingerprint density at radius 1 is 1.25 bits per heavy atom. The Bertz CT molecular complexity index is 1010. The molecule has 1 N–H and O–H groups in total. The average Bonchev–Trinajstić information content (AvgIpc) is 3.51. The van der Waals surface area contributed by atoms with Gasteiger partial charge in [0.1, 0.15) is 5.69 Å². The number of hydrogen-bond acceptors (Lipinski definition) is 9. The molecule has 1 fully saturated rings. The van der Waals surface area contributed by atoms with Crippen LogP contribution in [0.4, 0.5) is 0 Å². The van der Waals surface area contributed by atoms with Crippen LogP contribution in [0.25, 0.3) is 23.0 Å². The fourth-order valence-electron chi connectivity index (χ4n) is 3.04. The minimum Gasteiger partial charge on any atom is -0.454 e. The Balaban J connectivity index is 1.29. The summed E-state index contributed by atoms with van der Waals surface area (Å²) in [7, 11) is 0. The number of carbonyl (C=O) groups is 1. The molecule has 1 saturated heterocycles. The highest BCUT2D eigenvalue weighted by molar-refractivity contribution is 7.12. The smallest absolute Gasteiger partial charge is 0.280 e. The molecule has 0 spiro atoms. The summed E-state index contributed by atoms with van der Waals surface area (Å²) in [6.45, 7) is 1.44. The van der Waals surface area contributed by atoms with Crippen molar-refractivity contribution in [3.05, 3.63) is 28.6 Å². The second kappa shape index (κ2) is 7.21. The first-order valence-corrected chi connectivity index (χ1v) is 9.74. The van der Waals surface area contributed by atoms with E-state index in [0.717, 1.165) is 25.0 Å². The molecule has 9 nitrogen and oxygen atoms in total. The lowest BCUT2D eigenvalue weighted by atomic mass is 10.2. The van der Waals surface area contributed by atoms with Crippen LogP contribution in [-0.4, -0.2) is 47.1 Å². The standard InChI is InChI=1S/C18H16N4O5S/c23-16(19-7-11-2-1-5-24-11)18-20-12(8-28-18)17-21-15(22-27-17)10-3-4-13-14(6-10)26-9-25-13/h3-4,6,8,11H,1-2,5,7,9H2,(H,19,23). The van der Waals surface area contributed by atoms with Gasteiger partial charge in [-0.3, -0.25) is 4.79 Å². The van der Waals surface area contributed by atoms with E-state index in [4.69, 9.17) is 18.7 Å². The number of rotatable bonds is 5. The molecule has 4 heterocycles. The predicted octanol–water partition coefficient (Wildman–Crippen LogP) is 2.50. The zero-order valence-electron chi connectivity index (χ0n) is 14.7. The summed E-state index contributed by atoms with van der Waals surface area (Å²) < 4.78 is 21.5. The van der Waals surface area contributed by atoms with Crippen LogP contribution in [0.2, 0.25) is 0 Å². The normalized spacial score (nSPS) is 17.8. The van der Waals surface area contributed by atoms with Crippen LogP contribution in [0.15, 0.2) is 28.1 Å². The van der Waals surface area contributed by atoms with Gasteiger partial charge in [0.15, 0.2) is 16.5 Å². The number of carbonyl (C=O) groups excluding carboxylic acids is 1. The zero-order chi connectivity index (χ0) is 18.9. The molecule has 0 saturated carbocycles. The van der Waals surface area contributed by atoms with Gasteiger partial charge in [-0.25, -0.2) is 4.98 Å². The quantitative estimate of drug-likeness (QED) is 0.696. The van der Waals surface area contributed by atoms with E-state index in [0.29, 0.717) is 34.6 Å². The molecule has 5 rings (SSSR count). The Morgan fingerprint density at radius 3 is 3.07 bits per heavy atom. The third-order valence-electron chi connectivity index (χ3n) is 4.49. The van der Waals surface area contributed by atoms with Crippen LogP contribution >= 0.6 is 11.3 Å². The van der Waals surface area contributed by atoms with E-state index in [1.54, 1.807) is 17.5 Å². The Hall–Kier alpha value is -2.98. The van der Waals surface area contributed by atoms with Crippen molar-refractivity contribution >= 4 is 17.2 Å². The van der Waals surface area contributed by atoms with Crippen LogP contribution in [0, 0.1) is 0 Å². The number of thiazole rings is 1. The summed E-state index contributed by atoms with van der Waals surface area (Å²) in [5.41, 5.74) is 1.20. The van der Waals surface area contributed by atoms with Gasteiger partial charge in [-0.1, -0.05) is 5.16 Å². The third-order valence-corrected chi connectivity index (χ3v) is 5.33. The number of nitrogens with one attached hydrogen (secondary N) is 1. The fourth-order valence-corrected chi connectivity index (χ4v) is 3.75. The van der Waals surface area contributed by atoms with Crippen molar-refractivity contribution in [3.8, 4) is 34.5 Å². The van der Waals surface area contributed by atoms with E-state index >= 15 is 0 Å². The van der Waals surface area contributed by atoms with Crippen molar-refractivity contribution in [1.82, 2.24) is 20.4 Å². The minimum atomic E-state index is -0.234.